The molecule has 170 valence electrons. The number of hydrogen-bond donors (Lipinski definition) is 1. The summed E-state index contributed by atoms with van der Waals surface area (Å²) < 4.78 is 16.0. The first kappa shape index (κ1) is 22.2. The largest absolute Gasteiger partial charge is 0.503 e. The minimum Gasteiger partial charge on any atom is -0.503 e. The molecule has 0 bridgehead atoms. The van der Waals surface area contributed by atoms with Crippen molar-refractivity contribution in [2.75, 3.05) is 19.1 Å². The number of amides is 1. The molecule has 33 heavy (non-hydrogen) atoms. The van der Waals surface area contributed by atoms with Gasteiger partial charge in [-0.15, -0.1) is 0 Å². The van der Waals surface area contributed by atoms with Gasteiger partial charge in [0.15, 0.2) is 23.0 Å². The van der Waals surface area contributed by atoms with Gasteiger partial charge in [-0.25, -0.2) is 0 Å². The number of aliphatic hydroxyl groups is 1. The van der Waals surface area contributed by atoms with Gasteiger partial charge in [0.1, 0.15) is 0 Å². The molecule has 7 nitrogen and oxygen atoms in total. The minimum absolute atomic E-state index is 0.0341. The highest BCUT2D eigenvalue weighted by molar-refractivity contribution is 6.20. The number of nitrogens with zero attached hydrogens (tertiary/aromatic N) is 1. The first-order chi connectivity index (χ1) is 15.9. The number of carbonyl (C=O) groups is 2. The summed E-state index contributed by atoms with van der Waals surface area (Å²) in [6, 6.07) is 14.8. The lowest BCUT2D eigenvalue weighted by Crippen LogP contribution is -2.31. The average Bonchev–Trinajstić information content (AvgIpc) is 3.45. The topological polar surface area (TPSA) is 89.2 Å². The molecule has 2 aromatic carbocycles. The molecule has 4 rings (SSSR count). The first-order valence-electron chi connectivity index (χ1n) is 10.5. The second-order valence-electron chi connectivity index (χ2n) is 8.01. The van der Waals surface area contributed by atoms with Gasteiger partial charge in [-0.1, -0.05) is 32.0 Å². The Hall–Kier alpha value is -4.00. The van der Waals surface area contributed by atoms with Crippen LogP contribution in [-0.4, -0.2) is 31.0 Å². The molecule has 1 aromatic heterocycles. The predicted molar refractivity (Wildman–Crippen MR) is 123 cm³/mol. The molecule has 0 aliphatic carbocycles. The van der Waals surface area contributed by atoms with Crippen molar-refractivity contribution in [1.82, 2.24) is 0 Å². The van der Waals surface area contributed by atoms with E-state index < -0.39 is 23.5 Å². The highest BCUT2D eigenvalue weighted by Gasteiger charge is 2.45. The first-order valence-corrected chi connectivity index (χ1v) is 10.5. The molecule has 0 saturated heterocycles. The van der Waals surface area contributed by atoms with Crippen LogP contribution in [0.4, 0.5) is 5.69 Å². The van der Waals surface area contributed by atoms with Gasteiger partial charge in [-0.2, -0.15) is 0 Å². The number of carbonyl (C=O) groups excluding carboxylic acids is 2. The molecule has 0 radical (unpaired) electrons. The fraction of sp³-hybridized carbons (Fsp3) is 0.231. The number of benzene rings is 2. The van der Waals surface area contributed by atoms with E-state index >= 15 is 0 Å². The van der Waals surface area contributed by atoms with Crippen LogP contribution in [0.25, 0.3) is 0 Å². The standard InChI is InChI=1S/C26H25NO6/c1-15(2)16-7-10-18(11-8-16)27-23(17-9-12-19(31-3)21(14-17)32-4)22(25(29)26(27)30)24(28)20-6-5-13-33-20/h5-15,23,29H,1-4H3. The second-order valence-corrected chi connectivity index (χ2v) is 8.01. The highest BCUT2D eigenvalue weighted by Crippen LogP contribution is 2.44. The van der Waals surface area contributed by atoms with E-state index in [1.54, 1.807) is 24.3 Å². The smallest absolute Gasteiger partial charge is 0.294 e. The number of methoxy groups -OCH3 is 2. The average molecular weight is 447 g/mol. The zero-order chi connectivity index (χ0) is 23.7. The number of ether oxygens (including phenoxy) is 2. The number of aliphatic hydroxyl groups excluding tert-OH is 1. The predicted octanol–water partition coefficient (Wildman–Crippen LogP) is 5.20. The minimum atomic E-state index is -0.889. The van der Waals surface area contributed by atoms with E-state index in [4.69, 9.17) is 13.9 Å². The van der Waals surface area contributed by atoms with E-state index in [9.17, 15) is 14.7 Å². The van der Waals surface area contributed by atoms with Gasteiger partial charge in [-0.05, 0) is 53.4 Å². The van der Waals surface area contributed by atoms with E-state index in [-0.39, 0.29) is 11.3 Å². The number of ketones is 1. The molecule has 1 aliphatic rings. The van der Waals surface area contributed by atoms with Crippen LogP contribution in [0.2, 0.25) is 0 Å². The van der Waals surface area contributed by atoms with Crippen LogP contribution < -0.4 is 14.4 Å². The van der Waals surface area contributed by atoms with E-state index in [0.717, 1.165) is 5.56 Å². The molecular formula is C26H25NO6. The maximum absolute atomic E-state index is 13.3. The lowest BCUT2D eigenvalue weighted by molar-refractivity contribution is -0.117. The number of hydrogen-bond acceptors (Lipinski definition) is 6. The number of rotatable bonds is 7. The van der Waals surface area contributed by atoms with Crippen LogP contribution >= 0.6 is 0 Å². The maximum Gasteiger partial charge on any atom is 0.294 e. The second kappa shape index (κ2) is 8.86. The van der Waals surface area contributed by atoms with Crippen LogP contribution in [-0.2, 0) is 4.79 Å². The molecule has 1 amide bonds. The van der Waals surface area contributed by atoms with Gasteiger partial charge < -0.3 is 19.0 Å². The van der Waals surface area contributed by atoms with Crippen LogP contribution in [0.5, 0.6) is 11.5 Å². The summed E-state index contributed by atoms with van der Waals surface area (Å²) in [6.45, 7) is 4.16. The van der Waals surface area contributed by atoms with Crippen LogP contribution in [0.3, 0.4) is 0 Å². The summed E-state index contributed by atoms with van der Waals surface area (Å²) in [4.78, 5) is 28.0. The molecule has 1 N–H and O–H groups in total. The number of anilines is 1. The Morgan fingerprint density at radius 2 is 1.73 bits per heavy atom. The van der Waals surface area contributed by atoms with Crippen LogP contribution in [0, 0.1) is 0 Å². The third kappa shape index (κ3) is 3.86. The zero-order valence-corrected chi connectivity index (χ0v) is 18.9. The van der Waals surface area contributed by atoms with Crippen molar-refractivity contribution in [2.45, 2.75) is 25.8 Å². The molecule has 3 aromatic rings. The zero-order valence-electron chi connectivity index (χ0n) is 18.9. The maximum atomic E-state index is 13.3. The Morgan fingerprint density at radius 3 is 2.30 bits per heavy atom. The summed E-state index contributed by atoms with van der Waals surface area (Å²) in [6.07, 6.45) is 1.37. The monoisotopic (exact) mass is 447 g/mol. The van der Waals surface area contributed by atoms with Gasteiger partial charge in [0, 0.05) is 5.69 Å². The van der Waals surface area contributed by atoms with Gasteiger partial charge >= 0.3 is 0 Å². The molecule has 2 heterocycles. The number of furan rings is 1. The van der Waals surface area contributed by atoms with Crippen molar-refractivity contribution in [3.05, 3.63) is 89.1 Å². The van der Waals surface area contributed by atoms with E-state index in [1.807, 2.05) is 24.3 Å². The SMILES string of the molecule is COc1ccc(C2C(C(=O)c3ccco3)=C(O)C(=O)N2c2ccc(C(C)C)cc2)cc1OC. The molecular weight excluding hydrogens is 422 g/mol. The van der Waals surface area contributed by atoms with E-state index in [1.165, 1.54) is 31.4 Å². The Morgan fingerprint density at radius 1 is 1.03 bits per heavy atom. The third-order valence-electron chi connectivity index (χ3n) is 5.76. The summed E-state index contributed by atoms with van der Waals surface area (Å²) in [5, 5.41) is 10.8. The van der Waals surface area contributed by atoms with Crippen molar-refractivity contribution in [1.29, 1.82) is 0 Å². The van der Waals surface area contributed by atoms with Crippen molar-refractivity contribution in [3.63, 3.8) is 0 Å². The Labute approximate surface area is 191 Å². The highest BCUT2D eigenvalue weighted by atomic mass is 16.5. The van der Waals surface area contributed by atoms with Gasteiger partial charge in [0.25, 0.3) is 5.91 Å². The van der Waals surface area contributed by atoms with Crippen molar-refractivity contribution >= 4 is 17.4 Å². The molecule has 0 spiro atoms. The Bertz CT molecular complexity index is 1210. The van der Waals surface area contributed by atoms with E-state index in [0.29, 0.717) is 28.7 Å². The normalized spacial score (nSPS) is 16.0. The van der Waals surface area contributed by atoms with Crippen molar-refractivity contribution in [3.8, 4) is 11.5 Å². The van der Waals surface area contributed by atoms with Crippen molar-refractivity contribution in [2.24, 2.45) is 0 Å². The summed E-state index contributed by atoms with van der Waals surface area (Å²) in [7, 11) is 3.03. The fourth-order valence-corrected chi connectivity index (χ4v) is 4.00. The molecule has 7 heteroatoms. The van der Waals surface area contributed by atoms with Crippen molar-refractivity contribution < 1.29 is 28.6 Å². The molecule has 1 aliphatic heterocycles. The third-order valence-corrected chi connectivity index (χ3v) is 5.76. The van der Waals surface area contributed by atoms with E-state index in [2.05, 4.69) is 13.8 Å². The lowest BCUT2D eigenvalue weighted by Gasteiger charge is -2.27. The lowest BCUT2D eigenvalue weighted by atomic mass is 9.94. The summed E-state index contributed by atoms with van der Waals surface area (Å²) in [5.74, 6) is -0.540. The fourth-order valence-electron chi connectivity index (χ4n) is 4.00. The van der Waals surface area contributed by atoms with Gasteiger partial charge in [-0.3, -0.25) is 14.5 Å². The number of Topliss-reactive ketones (excluding diaryl/α,β-unsaturated/α-hetero) is 1. The summed E-state index contributed by atoms with van der Waals surface area (Å²) in [5.41, 5.74) is 2.18. The van der Waals surface area contributed by atoms with Gasteiger partial charge in [0.05, 0.1) is 32.1 Å². The Kier molecular flexibility index (Phi) is 5.96. The molecule has 1 unspecified atom stereocenters. The summed E-state index contributed by atoms with van der Waals surface area (Å²) >= 11 is 0. The molecule has 1 atom stereocenters. The van der Waals surface area contributed by atoms with Gasteiger partial charge in [0.2, 0.25) is 5.78 Å². The van der Waals surface area contributed by atoms with Crippen LogP contribution in [0.15, 0.2) is 76.6 Å². The quantitative estimate of drug-likeness (QED) is 0.501. The molecule has 0 fully saturated rings. The molecule has 0 saturated carbocycles. The van der Waals surface area contributed by atoms with Crippen LogP contribution in [0.1, 0.15) is 47.5 Å². The Balaban J connectivity index is 1.88.